The zero-order valence-electron chi connectivity index (χ0n) is 32.3. The first-order valence-electron chi connectivity index (χ1n) is 17.6. The molecule has 0 spiro atoms. The minimum Gasteiger partial charge on any atom is -0.478 e. The number of carbonyl (C=O) groups excluding carboxylic acids is 1. The van der Waals surface area contributed by atoms with Crippen LogP contribution in [-0.2, 0) is 64.7 Å². The van der Waals surface area contributed by atoms with Crippen LogP contribution in [0.5, 0.6) is 0 Å². The van der Waals surface area contributed by atoms with E-state index in [1.807, 2.05) is 0 Å². The molecule has 0 amide bonds. The maximum atomic E-state index is 13.7. The molecule has 2 aliphatic rings. The summed E-state index contributed by atoms with van der Waals surface area (Å²) in [4.78, 5) is 27.2. The van der Waals surface area contributed by atoms with E-state index in [-0.39, 0.29) is 66.4 Å². The van der Waals surface area contributed by atoms with Crippen LogP contribution in [0.25, 0.3) is 0 Å². The second-order valence-corrected chi connectivity index (χ2v) is 20.4. The lowest BCUT2D eigenvalue weighted by atomic mass is 9.78. The second kappa shape index (κ2) is 19.7. The summed E-state index contributed by atoms with van der Waals surface area (Å²) in [5.41, 5.74) is -0.828. The van der Waals surface area contributed by atoms with Crippen molar-refractivity contribution < 1.29 is 92.2 Å². The van der Waals surface area contributed by atoms with Gasteiger partial charge in [-0.1, -0.05) is 30.0 Å². The van der Waals surface area contributed by atoms with Crippen molar-refractivity contribution >= 4 is 83.5 Å². The van der Waals surface area contributed by atoms with E-state index in [0.29, 0.717) is 34.7 Å². The van der Waals surface area contributed by atoms with Crippen LogP contribution >= 0.6 is 24.1 Å². The van der Waals surface area contributed by atoms with Crippen molar-refractivity contribution in [1.29, 1.82) is 0 Å². The fourth-order valence-corrected chi connectivity index (χ4v) is 9.54. The minimum absolute atomic E-state index is 0.0321. The molecule has 0 aliphatic carbocycles. The molecule has 26 heteroatoms. The molecular weight excluding hydrogens is 901 g/mol. The van der Waals surface area contributed by atoms with E-state index in [9.17, 15) is 53.6 Å². The van der Waals surface area contributed by atoms with Gasteiger partial charge >= 0.3 is 11.9 Å². The molecule has 0 unspecified atom stereocenters. The van der Waals surface area contributed by atoms with Crippen molar-refractivity contribution in [2.24, 2.45) is 0 Å². The van der Waals surface area contributed by atoms with Gasteiger partial charge in [-0.2, -0.15) is 29.8 Å². The van der Waals surface area contributed by atoms with E-state index in [1.54, 1.807) is 56.6 Å². The summed E-state index contributed by atoms with van der Waals surface area (Å²) in [5, 5.41) is 34.7. The van der Waals surface area contributed by atoms with E-state index in [2.05, 4.69) is 18.7 Å². The third-order valence-corrected chi connectivity index (χ3v) is 13.2. The predicted molar refractivity (Wildman–Crippen MR) is 215 cm³/mol. The Labute approximate surface area is 354 Å². The van der Waals surface area contributed by atoms with Crippen LogP contribution < -0.4 is 4.90 Å². The Bertz CT molecular complexity index is 2410. The first-order valence-corrected chi connectivity index (χ1v) is 23.9. The number of hydrogen-bond donors (Lipinski definition) is 6. The molecule has 2 aromatic carbocycles. The highest BCUT2D eigenvalue weighted by Gasteiger charge is 2.48. The van der Waals surface area contributed by atoms with Crippen molar-refractivity contribution in [3.63, 3.8) is 0 Å². The normalized spacial score (nSPS) is 16.8. The maximum absolute atomic E-state index is 13.7. The molecule has 0 saturated heterocycles. The molecular formula is C34H43N2O19S5+. The molecule has 0 atom stereocenters. The number of carboxylic acid groups (broad SMARTS) is 1. The fourth-order valence-electron chi connectivity index (χ4n) is 7.25. The minimum atomic E-state index is -4.92. The number of esters is 1. The number of ether oxygens (including phenoxy) is 1. The average Bonchev–Trinajstić information content (AvgIpc) is 3.48. The third-order valence-electron chi connectivity index (χ3n) is 9.54. The van der Waals surface area contributed by atoms with Crippen LogP contribution in [0.15, 0.2) is 58.0 Å². The molecule has 2 heterocycles. The molecule has 332 valence electrons. The zero-order chi connectivity index (χ0) is 44.8. The van der Waals surface area contributed by atoms with Gasteiger partial charge in [0.1, 0.15) is 6.54 Å². The highest BCUT2D eigenvalue weighted by atomic mass is 32.2. The summed E-state index contributed by atoms with van der Waals surface area (Å²) in [6, 6.07) is 4.90. The van der Waals surface area contributed by atoms with Crippen LogP contribution in [-0.4, -0.2) is 114 Å². The first-order chi connectivity index (χ1) is 27.8. The number of carbonyl (C=O) groups is 2. The Hall–Kier alpha value is -3.48. The Morgan fingerprint density at radius 2 is 1.48 bits per heavy atom. The van der Waals surface area contributed by atoms with E-state index < -0.39 is 75.1 Å². The van der Waals surface area contributed by atoms with Crippen LogP contribution in [0, 0.1) is 0 Å². The van der Waals surface area contributed by atoms with Crippen LogP contribution in [0.4, 0.5) is 11.4 Å². The molecule has 0 radical (unpaired) electrons. The van der Waals surface area contributed by atoms with Gasteiger partial charge in [0.2, 0.25) is 5.69 Å². The number of benzene rings is 2. The van der Waals surface area contributed by atoms with Gasteiger partial charge in [0.05, 0.1) is 57.2 Å². The van der Waals surface area contributed by atoms with E-state index in [0.717, 1.165) is 24.2 Å². The number of aromatic carboxylic acids is 1. The fraction of sp³-hybridized carbons (Fsp3) is 0.441. The van der Waals surface area contributed by atoms with Gasteiger partial charge in [0.15, 0.2) is 5.71 Å². The van der Waals surface area contributed by atoms with Crippen molar-refractivity contribution in [3.05, 3.63) is 70.4 Å². The van der Waals surface area contributed by atoms with Gasteiger partial charge in [-0.3, -0.25) is 13.7 Å². The highest BCUT2D eigenvalue weighted by Crippen LogP contribution is 2.51. The van der Waals surface area contributed by atoms with Crippen molar-refractivity contribution in [2.75, 3.05) is 41.9 Å². The summed E-state index contributed by atoms with van der Waals surface area (Å²) in [6.45, 7) is 6.57. The molecule has 4 rings (SSSR count). The number of anilines is 1. The lowest BCUT2D eigenvalue weighted by Gasteiger charge is -2.27. The zero-order valence-corrected chi connectivity index (χ0v) is 36.4. The summed E-state index contributed by atoms with van der Waals surface area (Å²) in [7, 11) is -13.8. The molecule has 2 aromatic rings. The number of nitrogens with zero attached hydrogens (tertiary/aromatic N) is 2. The van der Waals surface area contributed by atoms with Crippen LogP contribution in [0.1, 0.15) is 78.8 Å². The average molecular weight is 944 g/mol. The summed E-state index contributed by atoms with van der Waals surface area (Å²) in [5.74, 6) is -3.33. The van der Waals surface area contributed by atoms with Gasteiger partial charge in [0.25, 0.3) is 30.4 Å². The standard InChI is InChI=1S/C34H42N2O19S5/c1-33(2)27(36(12-7-16-59(45,46)47)26-20-22(60(48,49)50)19-23(29(26)33)31(37)38)9-5-10-28-34(3,4)30-24(32(39)51-13-8-14-56-54-52-40)17-21(57-55-53-41)18-25(30)35(28)11-6-15-58(42,43)44/h5,9-10,17-20H,6-8,11-16H2,1-4H3,(H5-,37,38,40,41,42,43,44,45,46,47,48,49,50)/p+1. The lowest BCUT2D eigenvalue weighted by molar-refractivity contribution is -0.437. The van der Waals surface area contributed by atoms with Crippen LogP contribution in [0.2, 0.25) is 0 Å². The Balaban J connectivity index is 1.90. The van der Waals surface area contributed by atoms with Crippen molar-refractivity contribution in [2.45, 2.75) is 67.6 Å². The van der Waals surface area contributed by atoms with Gasteiger partial charge in [0, 0.05) is 70.2 Å². The summed E-state index contributed by atoms with van der Waals surface area (Å²) < 4.78 is 116. The molecule has 0 saturated carbocycles. The second-order valence-electron chi connectivity index (χ2n) is 14.3. The number of carboxylic acids is 1. The largest absolute Gasteiger partial charge is 0.478 e. The molecule has 0 aromatic heterocycles. The maximum Gasteiger partial charge on any atom is 0.338 e. The number of fused-ring (bicyclic) bond motifs is 2. The highest BCUT2D eigenvalue weighted by molar-refractivity contribution is 7.94. The lowest BCUT2D eigenvalue weighted by Crippen LogP contribution is -2.30. The molecule has 2 aliphatic heterocycles. The predicted octanol–water partition coefficient (Wildman–Crippen LogP) is 4.85. The molecule has 21 nitrogen and oxygen atoms in total. The Morgan fingerprint density at radius 3 is 2.08 bits per heavy atom. The smallest absolute Gasteiger partial charge is 0.338 e. The molecule has 60 heavy (non-hydrogen) atoms. The number of hydrogen-bond acceptors (Lipinski definition) is 18. The molecule has 0 fully saturated rings. The SMILES string of the molecule is CC1(C)C(/C=C/C=C2/N(CCCS(=O)(=O)O)c3cc(S(=O)(=O)O)cc(C(=O)O)c3C2(C)C)=[N+](CCCS(=O)(=O)O)c2cc(SOOO)cc(C(=O)OCCCSOOO)c21. The van der Waals surface area contributed by atoms with Crippen LogP contribution in [0.3, 0.4) is 0 Å². The van der Waals surface area contributed by atoms with E-state index >= 15 is 0 Å². The van der Waals surface area contributed by atoms with Gasteiger partial charge < -0.3 is 14.7 Å². The quantitative estimate of drug-likeness (QED) is 0.0175. The van der Waals surface area contributed by atoms with E-state index in [1.165, 1.54) is 11.0 Å². The van der Waals surface area contributed by atoms with E-state index in [4.69, 9.17) is 15.3 Å². The van der Waals surface area contributed by atoms with Gasteiger partial charge in [-0.15, -0.1) is 8.67 Å². The summed E-state index contributed by atoms with van der Waals surface area (Å²) >= 11 is 1.30. The van der Waals surface area contributed by atoms with Crippen molar-refractivity contribution in [1.82, 2.24) is 0 Å². The van der Waals surface area contributed by atoms with Crippen molar-refractivity contribution in [3.8, 4) is 0 Å². The number of rotatable bonds is 22. The summed E-state index contributed by atoms with van der Waals surface area (Å²) in [6.07, 6.45) is 4.76. The topological polar surface area (TPSA) is 310 Å². The monoisotopic (exact) mass is 943 g/mol. The Morgan fingerprint density at radius 1 is 0.833 bits per heavy atom. The number of allylic oxidation sites excluding steroid dienone is 4. The third kappa shape index (κ3) is 11.9. The Kier molecular flexibility index (Phi) is 16.1. The van der Waals surface area contributed by atoms with Gasteiger partial charge in [-0.05, 0) is 51.0 Å². The first kappa shape index (κ1) is 49.2. The van der Waals surface area contributed by atoms with Gasteiger partial charge in [-0.25, -0.2) is 20.1 Å². The molecule has 0 bridgehead atoms. The molecule has 6 N–H and O–H groups in total.